The molecule has 9 nitrogen and oxygen atoms in total. The van der Waals surface area contributed by atoms with Crippen LogP contribution in [-0.4, -0.2) is 72.6 Å². The number of hydrogen-bond acceptors (Lipinski definition) is 8. The number of benzene rings is 2. The molecule has 0 bridgehead atoms. The molecule has 0 unspecified atom stereocenters. The van der Waals surface area contributed by atoms with Gasteiger partial charge in [-0.05, 0) is 35.7 Å². The highest BCUT2D eigenvalue weighted by atomic mass is 32.2. The molecule has 1 saturated heterocycles. The molecule has 1 aromatic heterocycles. The average molecular weight is 511 g/mol. The lowest BCUT2D eigenvalue weighted by Crippen LogP contribution is -2.45. The number of primary amides is 1. The number of piperazine rings is 1. The number of nitrogens with zero attached hydrogens (tertiary/aromatic N) is 4. The first-order valence-corrected chi connectivity index (χ1v) is 14.0. The summed E-state index contributed by atoms with van der Waals surface area (Å²) in [4.78, 5) is 26.6. The lowest BCUT2D eigenvalue weighted by molar-refractivity contribution is -0.119. The second-order valence-corrected chi connectivity index (χ2v) is 11.8. The van der Waals surface area contributed by atoms with Crippen molar-refractivity contribution in [2.24, 2.45) is 11.7 Å². The molecule has 192 valence electrons. The second-order valence-electron chi connectivity index (χ2n) is 9.74. The molecule has 1 aliphatic rings. The summed E-state index contributed by atoms with van der Waals surface area (Å²) in [5, 5.41) is 4.12. The molecular formula is C26H34N6O3S. The van der Waals surface area contributed by atoms with Gasteiger partial charge in [0.2, 0.25) is 5.91 Å². The summed E-state index contributed by atoms with van der Waals surface area (Å²) in [6.45, 7) is 8.82. The number of nitrogens with one attached hydrogen (secondary N) is 1. The molecule has 3 aromatic rings. The zero-order valence-electron chi connectivity index (χ0n) is 21.0. The predicted molar refractivity (Wildman–Crippen MR) is 141 cm³/mol. The molecular weight excluding hydrogens is 476 g/mol. The Morgan fingerprint density at radius 3 is 2.17 bits per heavy atom. The summed E-state index contributed by atoms with van der Waals surface area (Å²) >= 11 is 0. The number of rotatable bonds is 9. The van der Waals surface area contributed by atoms with Crippen LogP contribution in [0, 0.1) is 5.92 Å². The third kappa shape index (κ3) is 6.37. The summed E-state index contributed by atoms with van der Waals surface area (Å²) in [6.07, 6.45) is 1.22. The van der Waals surface area contributed by atoms with Crippen molar-refractivity contribution in [3.05, 3.63) is 59.9 Å². The molecule has 0 saturated carbocycles. The first-order chi connectivity index (χ1) is 17.1. The van der Waals surface area contributed by atoms with Crippen molar-refractivity contribution in [2.45, 2.75) is 37.9 Å². The SMILES string of the molecule is CC(C)[C@H](Nc1nc(CN2CCN(Cc3ccc(S(C)(=O)=O)cc3)CC2)nc2ccccc12)C(N)=O. The fourth-order valence-electron chi connectivity index (χ4n) is 4.42. The van der Waals surface area contributed by atoms with Crippen molar-refractivity contribution in [3.8, 4) is 0 Å². The van der Waals surface area contributed by atoms with Crippen LogP contribution in [0.2, 0.25) is 0 Å². The maximum Gasteiger partial charge on any atom is 0.240 e. The van der Waals surface area contributed by atoms with E-state index in [1.807, 2.05) is 50.2 Å². The summed E-state index contributed by atoms with van der Waals surface area (Å²) in [7, 11) is -3.18. The van der Waals surface area contributed by atoms with Crippen molar-refractivity contribution in [1.82, 2.24) is 19.8 Å². The van der Waals surface area contributed by atoms with Crippen LogP contribution in [0.25, 0.3) is 10.9 Å². The monoisotopic (exact) mass is 510 g/mol. The van der Waals surface area contributed by atoms with Crippen molar-refractivity contribution >= 4 is 32.5 Å². The summed E-state index contributed by atoms with van der Waals surface area (Å²) in [5.41, 5.74) is 7.55. The summed E-state index contributed by atoms with van der Waals surface area (Å²) in [6, 6.07) is 14.4. The fourth-order valence-corrected chi connectivity index (χ4v) is 5.06. The zero-order valence-corrected chi connectivity index (χ0v) is 21.8. The van der Waals surface area contributed by atoms with Gasteiger partial charge in [0.15, 0.2) is 9.84 Å². The van der Waals surface area contributed by atoms with Gasteiger partial charge in [-0.1, -0.05) is 38.1 Å². The summed E-state index contributed by atoms with van der Waals surface area (Å²) in [5.74, 6) is 0.948. The lowest BCUT2D eigenvalue weighted by Gasteiger charge is -2.34. The fraction of sp³-hybridized carbons (Fsp3) is 0.423. The molecule has 2 heterocycles. The normalized spacial score (nSPS) is 16.3. The van der Waals surface area contributed by atoms with Gasteiger partial charge < -0.3 is 11.1 Å². The molecule has 1 aliphatic heterocycles. The number of fused-ring (bicyclic) bond motifs is 1. The predicted octanol–water partition coefficient (Wildman–Crippen LogP) is 2.27. The van der Waals surface area contributed by atoms with E-state index in [0.29, 0.717) is 23.1 Å². The quantitative estimate of drug-likeness (QED) is 0.450. The second kappa shape index (κ2) is 10.9. The van der Waals surface area contributed by atoms with E-state index >= 15 is 0 Å². The van der Waals surface area contributed by atoms with Crippen LogP contribution in [0.1, 0.15) is 25.2 Å². The number of anilines is 1. The average Bonchev–Trinajstić information content (AvgIpc) is 2.83. The number of hydrogen-bond donors (Lipinski definition) is 2. The standard InChI is InChI=1S/C26H34N6O3S/c1-18(2)24(25(27)33)30-26-21-6-4-5-7-22(21)28-23(29-26)17-32-14-12-31(13-15-32)16-19-8-10-20(11-9-19)36(3,34)35/h4-11,18,24H,12-17H2,1-3H3,(H2,27,33)(H,28,29,30)/t24-/m0/s1. The van der Waals surface area contributed by atoms with Gasteiger partial charge >= 0.3 is 0 Å². The summed E-state index contributed by atoms with van der Waals surface area (Å²) < 4.78 is 23.4. The number of para-hydroxylation sites is 1. The van der Waals surface area contributed by atoms with Crippen LogP contribution in [-0.2, 0) is 27.7 Å². The van der Waals surface area contributed by atoms with E-state index in [-0.39, 0.29) is 5.92 Å². The highest BCUT2D eigenvalue weighted by Gasteiger charge is 2.23. The van der Waals surface area contributed by atoms with Crippen LogP contribution >= 0.6 is 0 Å². The van der Waals surface area contributed by atoms with E-state index in [1.54, 1.807) is 12.1 Å². The molecule has 0 aliphatic carbocycles. The van der Waals surface area contributed by atoms with Crippen molar-refractivity contribution in [3.63, 3.8) is 0 Å². The molecule has 1 amide bonds. The van der Waals surface area contributed by atoms with Gasteiger partial charge in [-0.15, -0.1) is 0 Å². The zero-order chi connectivity index (χ0) is 25.9. The first-order valence-electron chi connectivity index (χ1n) is 12.2. The Hall–Kier alpha value is -3.08. The van der Waals surface area contributed by atoms with Gasteiger partial charge in [0.25, 0.3) is 0 Å². The van der Waals surface area contributed by atoms with Crippen LogP contribution in [0.15, 0.2) is 53.4 Å². The van der Waals surface area contributed by atoms with Crippen molar-refractivity contribution in [1.29, 1.82) is 0 Å². The van der Waals surface area contributed by atoms with Crippen LogP contribution in [0.4, 0.5) is 5.82 Å². The van der Waals surface area contributed by atoms with E-state index < -0.39 is 21.8 Å². The Labute approximate surface area is 212 Å². The number of amides is 1. The van der Waals surface area contributed by atoms with Crippen LogP contribution < -0.4 is 11.1 Å². The maximum absolute atomic E-state index is 12.0. The van der Waals surface area contributed by atoms with Gasteiger partial charge in [0.05, 0.1) is 17.0 Å². The Morgan fingerprint density at radius 2 is 1.58 bits per heavy atom. The number of sulfone groups is 1. The molecule has 10 heteroatoms. The highest BCUT2D eigenvalue weighted by Crippen LogP contribution is 2.23. The maximum atomic E-state index is 12.0. The van der Waals surface area contributed by atoms with Gasteiger partial charge in [0.1, 0.15) is 17.7 Å². The van der Waals surface area contributed by atoms with E-state index in [2.05, 4.69) is 15.1 Å². The lowest BCUT2D eigenvalue weighted by atomic mass is 10.0. The van der Waals surface area contributed by atoms with E-state index in [0.717, 1.165) is 49.2 Å². The van der Waals surface area contributed by atoms with E-state index in [4.69, 9.17) is 15.7 Å². The number of carbonyl (C=O) groups excluding carboxylic acids is 1. The first kappa shape index (κ1) is 26.0. The Morgan fingerprint density at radius 1 is 0.972 bits per heavy atom. The van der Waals surface area contributed by atoms with E-state index in [1.165, 1.54) is 6.26 Å². The topological polar surface area (TPSA) is 122 Å². The highest BCUT2D eigenvalue weighted by molar-refractivity contribution is 7.90. The largest absolute Gasteiger partial charge is 0.368 e. The van der Waals surface area contributed by atoms with Crippen LogP contribution in [0.5, 0.6) is 0 Å². The molecule has 36 heavy (non-hydrogen) atoms. The van der Waals surface area contributed by atoms with Gasteiger partial charge in [-0.3, -0.25) is 14.6 Å². The van der Waals surface area contributed by atoms with Crippen molar-refractivity contribution in [2.75, 3.05) is 37.8 Å². The van der Waals surface area contributed by atoms with Gasteiger partial charge in [-0.25, -0.2) is 18.4 Å². The molecule has 3 N–H and O–H groups in total. The Kier molecular flexibility index (Phi) is 7.87. The van der Waals surface area contributed by atoms with Gasteiger partial charge in [0, 0.05) is 44.4 Å². The Bertz CT molecular complexity index is 1320. The van der Waals surface area contributed by atoms with Crippen molar-refractivity contribution < 1.29 is 13.2 Å². The molecule has 0 spiro atoms. The third-order valence-electron chi connectivity index (χ3n) is 6.50. The smallest absolute Gasteiger partial charge is 0.240 e. The molecule has 2 aromatic carbocycles. The number of carbonyl (C=O) groups is 1. The minimum Gasteiger partial charge on any atom is -0.368 e. The molecule has 1 atom stereocenters. The molecule has 1 fully saturated rings. The third-order valence-corrected chi connectivity index (χ3v) is 7.63. The Balaban J connectivity index is 1.41. The minimum absolute atomic E-state index is 0.0235. The molecule has 4 rings (SSSR count). The van der Waals surface area contributed by atoms with Gasteiger partial charge in [-0.2, -0.15) is 0 Å². The van der Waals surface area contributed by atoms with E-state index in [9.17, 15) is 13.2 Å². The number of aromatic nitrogens is 2. The number of nitrogens with two attached hydrogens (primary N) is 1. The van der Waals surface area contributed by atoms with Crippen LogP contribution in [0.3, 0.4) is 0 Å². The minimum atomic E-state index is -3.18. The molecule has 0 radical (unpaired) electrons.